The van der Waals surface area contributed by atoms with Gasteiger partial charge >= 0.3 is 6.03 Å². The predicted octanol–water partition coefficient (Wildman–Crippen LogP) is 2.87. The van der Waals surface area contributed by atoms with Gasteiger partial charge in [0.1, 0.15) is 5.82 Å². The fraction of sp³-hybridized carbons (Fsp3) is 0.588. The molecule has 1 aliphatic heterocycles. The molecule has 1 aliphatic rings. The van der Waals surface area contributed by atoms with Crippen LogP contribution in [0.1, 0.15) is 44.6 Å². The van der Waals surface area contributed by atoms with E-state index in [1.807, 2.05) is 18.7 Å². The number of hydrogen-bond donors (Lipinski definition) is 2. The summed E-state index contributed by atoms with van der Waals surface area (Å²) in [6.07, 6.45) is 2.35. The molecule has 2 amide bonds. The average Bonchev–Trinajstić information content (AvgIpc) is 2.88. The van der Waals surface area contributed by atoms with Gasteiger partial charge in [-0.3, -0.25) is 0 Å². The van der Waals surface area contributed by atoms with Crippen LogP contribution in [0, 0.1) is 5.82 Å². The SMILES string of the molecule is CC(CCCO)NC(=O)N1CC(c2ccc(F)cc2)CC1C. The Kier molecular flexibility index (Phi) is 5.77. The van der Waals surface area contributed by atoms with E-state index in [0.29, 0.717) is 13.0 Å². The van der Waals surface area contributed by atoms with E-state index in [1.54, 1.807) is 12.1 Å². The van der Waals surface area contributed by atoms with Crippen LogP contribution in [0.15, 0.2) is 24.3 Å². The number of aliphatic hydroxyl groups is 1. The van der Waals surface area contributed by atoms with Crippen LogP contribution >= 0.6 is 0 Å². The minimum atomic E-state index is -0.234. The van der Waals surface area contributed by atoms with E-state index in [4.69, 9.17) is 5.11 Å². The molecule has 0 radical (unpaired) electrons. The number of rotatable bonds is 5. The molecule has 3 atom stereocenters. The topological polar surface area (TPSA) is 52.6 Å². The van der Waals surface area contributed by atoms with Gasteiger partial charge in [0, 0.05) is 31.2 Å². The van der Waals surface area contributed by atoms with Crippen LogP contribution in [0.3, 0.4) is 0 Å². The van der Waals surface area contributed by atoms with E-state index in [9.17, 15) is 9.18 Å². The normalized spacial score (nSPS) is 22.6. The summed E-state index contributed by atoms with van der Waals surface area (Å²) >= 11 is 0. The molecule has 1 saturated heterocycles. The minimum absolute atomic E-state index is 0.0525. The quantitative estimate of drug-likeness (QED) is 0.879. The monoisotopic (exact) mass is 308 g/mol. The van der Waals surface area contributed by atoms with E-state index in [2.05, 4.69) is 5.32 Å². The highest BCUT2D eigenvalue weighted by Gasteiger charge is 2.33. The molecular weight excluding hydrogens is 283 g/mol. The maximum Gasteiger partial charge on any atom is 0.317 e. The molecule has 4 nitrogen and oxygen atoms in total. The van der Waals surface area contributed by atoms with Crippen molar-refractivity contribution in [2.75, 3.05) is 13.2 Å². The van der Waals surface area contributed by atoms with Crippen molar-refractivity contribution < 1.29 is 14.3 Å². The zero-order valence-corrected chi connectivity index (χ0v) is 13.3. The smallest absolute Gasteiger partial charge is 0.317 e. The molecule has 2 rings (SSSR count). The second-order valence-electron chi connectivity index (χ2n) is 6.20. The summed E-state index contributed by atoms with van der Waals surface area (Å²) in [5, 5.41) is 11.8. The number of halogens is 1. The number of nitrogens with one attached hydrogen (secondary N) is 1. The second-order valence-corrected chi connectivity index (χ2v) is 6.20. The van der Waals surface area contributed by atoms with Gasteiger partial charge in [0.25, 0.3) is 0 Å². The van der Waals surface area contributed by atoms with Gasteiger partial charge in [0.05, 0.1) is 0 Å². The molecule has 0 aromatic heterocycles. The molecule has 122 valence electrons. The van der Waals surface area contributed by atoms with Gasteiger partial charge in [-0.25, -0.2) is 9.18 Å². The van der Waals surface area contributed by atoms with Crippen molar-refractivity contribution in [3.8, 4) is 0 Å². The zero-order valence-electron chi connectivity index (χ0n) is 13.3. The van der Waals surface area contributed by atoms with Gasteiger partial charge in [0.15, 0.2) is 0 Å². The van der Waals surface area contributed by atoms with Crippen LogP contribution < -0.4 is 5.32 Å². The summed E-state index contributed by atoms with van der Waals surface area (Å²) < 4.78 is 13.0. The molecule has 2 N–H and O–H groups in total. The van der Waals surface area contributed by atoms with Crippen LogP contribution in [0.25, 0.3) is 0 Å². The Morgan fingerprint density at radius 1 is 1.45 bits per heavy atom. The third-order valence-electron chi connectivity index (χ3n) is 4.34. The summed E-state index contributed by atoms with van der Waals surface area (Å²) in [7, 11) is 0. The number of carbonyl (C=O) groups excluding carboxylic acids is 1. The molecule has 1 aromatic carbocycles. The molecule has 0 bridgehead atoms. The summed E-state index contributed by atoms with van der Waals surface area (Å²) in [5.41, 5.74) is 1.08. The molecule has 1 aromatic rings. The number of carbonyl (C=O) groups is 1. The van der Waals surface area contributed by atoms with E-state index in [1.165, 1.54) is 12.1 Å². The van der Waals surface area contributed by atoms with Crippen molar-refractivity contribution in [2.24, 2.45) is 0 Å². The second kappa shape index (κ2) is 7.58. The van der Waals surface area contributed by atoms with Crippen LogP contribution in [-0.4, -0.2) is 41.3 Å². The number of hydrogen-bond acceptors (Lipinski definition) is 2. The Labute approximate surface area is 131 Å². The average molecular weight is 308 g/mol. The van der Waals surface area contributed by atoms with Crippen LogP contribution in [0.2, 0.25) is 0 Å². The summed E-state index contributed by atoms with van der Waals surface area (Å²) in [6, 6.07) is 6.72. The number of benzene rings is 1. The first-order valence-corrected chi connectivity index (χ1v) is 7.94. The van der Waals surface area contributed by atoms with E-state index in [-0.39, 0.29) is 36.5 Å². The van der Waals surface area contributed by atoms with Crippen molar-refractivity contribution in [1.82, 2.24) is 10.2 Å². The molecule has 22 heavy (non-hydrogen) atoms. The van der Waals surface area contributed by atoms with Crippen molar-refractivity contribution in [2.45, 2.75) is 51.1 Å². The molecule has 0 aliphatic carbocycles. The molecule has 0 saturated carbocycles. The van der Waals surface area contributed by atoms with Crippen LogP contribution in [0.5, 0.6) is 0 Å². The lowest BCUT2D eigenvalue weighted by Gasteiger charge is -2.24. The standard InChI is InChI=1S/C17H25FN2O2/c1-12(4-3-9-21)19-17(22)20-11-15(10-13(20)2)14-5-7-16(18)8-6-14/h5-8,12-13,15,21H,3-4,9-11H2,1-2H3,(H,19,22). The number of aliphatic hydroxyl groups excluding tert-OH is 1. The third kappa shape index (κ3) is 4.19. The Hall–Kier alpha value is -1.62. The summed E-state index contributed by atoms with van der Waals surface area (Å²) in [5.74, 6) is 0.0243. The van der Waals surface area contributed by atoms with Gasteiger partial charge in [-0.15, -0.1) is 0 Å². The van der Waals surface area contributed by atoms with Crippen LogP contribution in [-0.2, 0) is 0 Å². The first-order valence-electron chi connectivity index (χ1n) is 7.94. The molecule has 5 heteroatoms. The largest absolute Gasteiger partial charge is 0.396 e. The van der Waals surface area contributed by atoms with Crippen molar-refractivity contribution in [3.63, 3.8) is 0 Å². The lowest BCUT2D eigenvalue weighted by molar-refractivity contribution is 0.190. The van der Waals surface area contributed by atoms with Crippen molar-refractivity contribution >= 4 is 6.03 Å². The van der Waals surface area contributed by atoms with E-state index >= 15 is 0 Å². The van der Waals surface area contributed by atoms with Crippen LogP contribution in [0.4, 0.5) is 9.18 Å². The highest BCUT2D eigenvalue weighted by atomic mass is 19.1. The fourth-order valence-electron chi connectivity index (χ4n) is 3.05. The van der Waals surface area contributed by atoms with E-state index in [0.717, 1.165) is 18.4 Å². The van der Waals surface area contributed by atoms with Gasteiger partial charge < -0.3 is 15.3 Å². The maximum absolute atomic E-state index is 13.0. The lowest BCUT2D eigenvalue weighted by atomic mass is 9.97. The summed E-state index contributed by atoms with van der Waals surface area (Å²) in [6.45, 7) is 4.80. The summed E-state index contributed by atoms with van der Waals surface area (Å²) in [4.78, 5) is 14.2. The molecule has 1 heterocycles. The Bertz CT molecular complexity index is 492. The number of likely N-dealkylation sites (tertiary alicyclic amines) is 1. The zero-order chi connectivity index (χ0) is 16.1. The fourth-order valence-corrected chi connectivity index (χ4v) is 3.05. The molecule has 1 fully saturated rings. The minimum Gasteiger partial charge on any atom is -0.396 e. The van der Waals surface area contributed by atoms with E-state index < -0.39 is 0 Å². The Balaban J connectivity index is 1.92. The lowest BCUT2D eigenvalue weighted by Crippen LogP contribution is -2.45. The molecule has 3 unspecified atom stereocenters. The first kappa shape index (κ1) is 16.7. The number of amides is 2. The first-order chi connectivity index (χ1) is 10.5. The highest BCUT2D eigenvalue weighted by molar-refractivity contribution is 5.75. The Morgan fingerprint density at radius 2 is 2.14 bits per heavy atom. The molecule has 0 spiro atoms. The van der Waals surface area contributed by atoms with Gasteiger partial charge in [-0.2, -0.15) is 0 Å². The number of nitrogens with zero attached hydrogens (tertiary/aromatic N) is 1. The third-order valence-corrected chi connectivity index (χ3v) is 4.34. The maximum atomic E-state index is 13.0. The number of urea groups is 1. The van der Waals surface area contributed by atoms with Crippen molar-refractivity contribution in [1.29, 1.82) is 0 Å². The van der Waals surface area contributed by atoms with Gasteiger partial charge in [-0.05, 0) is 50.8 Å². The predicted molar refractivity (Wildman–Crippen MR) is 84.2 cm³/mol. The highest BCUT2D eigenvalue weighted by Crippen LogP contribution is 2.31. The van der Waals surface area contributed by atoms with Gasteiger partial charge in [-0.1, -0.05) is 12.1 Å². The van der Waals surface area contributed by atoms with Gasteiger partial charge in [0.2, 0.25) is 0 Å². The Morgan fingerprint density at radius 3 is 2.77 bits per heavy atom. The molecular formula is C17H25FN2O2. The van der Waals surface area contributed by atoms with Crippen molar-refractivity contribution in [3.05, 3.63) is 35.6 Å².